The summed E-state index contributed by atoms with van der Waals surface area (Å²) in [5, 5.41) is 30.4. The van der Waals surface area contributed by atoms with Crippen LogP contribution in [0.15, 0.2) is 194 Å². The van der Waals surface area contributed by atoms with Crippen LogP contribution in [-0.2, 0) is 43.1 Å². The number of rotatable bonds is 16. The number of nitrogens with zero attached hydrogens (tertiary/aromatic N) is 3. The molecular weight excluding hydrogens is 1070 g/mol. The first-order chi connectivity index (χ1) is 39.6. The molecule has 0 bridgehead atoms. The average molecular weight is 1140 g/mol. The molecule has 22 heteroatoms. The van der Waals surface area contributed by atoms with Gasteiger partial charge in [-0.3, -0.25) is 39.9 Å². The zero-order valence-corrected chi connectivity index (χ0v) is 45.2. The molecule has 9 rings (SSSR count). The van der Waals surface area contributed by atoms with Crippen molar-refractivity contribution in [1.29, 1.82) is 0 Å². The molecule has 6 aromatic rings. The van der Waals surface area contributed by atoms with Crippen LogP contribution in [0.3, 0.4) is 0 Å². The summed E-state index contributed by atoms with van der Waals surface area (Å²) in [5.41, 5.74) is 10.9. The molecule has 0 radical (unpaired) electrons. The number of nitrogen functional groups attached to an aromatic ring is 1. The molecule has 0 aliphatic carbocycles. The highest BCUT2D eigenvalue weighted by atomic mass is 16.6. The van der Waals surface area contributed by atoms with Crippen molar-refractivity contribution in [1.82, 2.24) is 0 Å². The second-order valence-corrected chi connectivity index (χ2v) is 16.2. The number of benzene rings is 6. The van der Waals surface area contributed by atoms with Crippen LogP contribution >= 0.6 is 0 Å². The minimum absolute atomic E-state index is 0. The fourth-order valence-electron chi connectivity index (χ4n) is 7.05. The van der Waals surface area contributed by atoms with Gasteiger partial charge >= 0.3 is 17.9 Å². The summed E-state index contributed by atoms with van der Waals surface area (Å²) in [4.78, 5) is 91.8. The van der Waals surface area contributed by atoms with E-state index in [0.717, 1.165) is 44.9 Å². The lowest BCUT2D eigenvalue weighted by Gasteiger charge is -2.23. The summed E-state index contributed by atoms with van der Waals surface area (Å²) in [6.45, 7) is 9.51. The van der Waals surface area contributed by atoms with E-state index in [9.17, 15) is 43.6 Å². The largest absolute Gasteiger partial charge is 0.492 e. The van der Waals surface area contributed by atoms with Crippen molar-refractivity contribution in [2.24, 2.45) is 0 Å². The van der Waals surface area contributed by atoms with E-state index in [0.29, 0.717) is 77.8 Å². The molecule has 0 spiro atoms. The molecular formula is C61H66N6O16. The number of carbonyl (C=O) groups excluding carboxylic acids is 7. The van der Waals surface area contributed by atoms with Gasteiger partial charge in [0.1, 0.15) is 29.0 Å². The van der Waals surface area contributed by atoms with E-state index in [1.165, 1.54) is 12.2 Å². The lowest BCUT2D eigenvalue weighted by Crippen LogP contribution is -2.40. The number of hydrogen-bond donors (Lipinski definition) is 6. The van der Waals surface area contributed by atoms with Gasteiger partial charge < -0.3 is 39.8 Å². The molecule has 22 nitrogen and oxygen atoms in total. The van der Waals surface area contributed by atoms with E-state index in [4.69, 9.17) is 35.0 Å². The Bertz CT molecular complexity index is 3160. The molecule has 436 valence electrons. The summed E-state index contributed by atoms with van der Waals surface area (Å²) in [5.74, 6) is -2.04. The smallest absolute Gasteiger partial charge is 0.338 e. The Labute approximate surface area is 480 Å². The first-order valence-corrected chi connectivity index (χ1v) is 25.3. The first-order valence-electron chi connectivity index (χ1n) is 25.3. The van der Waals surface area contributed by atoms with Crippen molar-refractivity contribution in [2.45, 2.75) is 47.6 Å². The standard InChI is InChI=1S/C18H18N2O4.C12H13NO4.C12H11NO3.C8H11NO.C6H7NO.C4H2O3.CH4/c1-2-24-16-11-7-6-10-14(16)19-17(21)12-15(18(19)22)20(23)13-8-4-3-5-9-13;1-2-17-10-6-4-3-5-9(10)13-11(14)7-8-12(15)16;1-2-16-10-6-4-3-5-9(10)13-11(14)7-8-12(13)15;1-2-10-8-6-4-3-5-7(8)9;8-7-6-4-2-1-3-5-6;5-3-1-2-4(6)7-3;/h3-11,15,23H,2,12H2,1H3;3-8H,2H2,1H3,(H,13,14)(H,15,16);3-8H,2H2,1H3;3-6H,2,9H2,1H3;1-5,7-8H;1-2H;1H4/b;8-7-;;;;;. The Kier molecular flexibility index (Phi) is 28.8. The minimum atomic E-state index is -1.17. The molecule has 83 heavy (non-hydrogen) atoms. The Morgan fingerprint density at radius 2 is 1.02 bits per heavy atom. The number of para-hydroxylation sites is 10. The highest BCUT2D eigenvalue weighted by Crippen LogP contribution is 2.34. The van der Waals surface area contributed by atoms with Gasteiger partial charge in [-0.05, 0) is 100 Å². The monoisotopic (exact) mass is 1140 g/mol. The quantitative estimate of drug-likeness (QED) is 0.0131. The maximum Gasteiger partial charge on any atom is 0.338 e. The highest BCUT2D eigenvalue weighted by molar-refractivity contribution is 6.28. The zero-order valence-electron chi connectivity index (χ0n) is 45.2. The predicted octanol–water partition coefficient (Wildman–Crippen LogP) is 9.21. The first kappa shape index (κ1) is 66.7. The van der Waals surface area contributed by atoms with E-state index in [1.807, 2.05) is 81.7 Å². The molecule has 1 fully saturated rings. The number of carboxylic acids is 1. The Morgan fingerprint density at radius 3 is 1.49 bits per heavy atom. The second-order valence-electron chi connectivity index (χ2n) is 16.2. The number of imide groups is 2. The van der Waals surface area contributed by atoms with Crippen molar-refractivity contribution in [3.05, 3.63) is 194 Å². The number of cyclic esters (lactones) is 2. The highest BCUT2D eigenvalue weighted by Gasteiger charge is 2.44. The molecule has 0 saturated carbocycles. The molecule has 3 heterocycles. The molecule has 1 saturated heterocycles. The third kappa shape index (κ3) is 21.5. The molecule has 1 unspecified atom stereocenters. The minimum Gasteiger partial charge on any atom is -0.492 e. The number of amides is 5. The van der Waals surface area contributed by atoms with E-state index in [1.54, 1.807) is 109 Å². The van der Waals surface area contributed by atoms with Crippen molar-refractivity contribution < 1.29 is 77.6 Å². The number of anilines is 6. The number of hydrogen-bond acceptors (Lipinski definition) is 18. The molecule has 7 N–H and O–H groups in total. The van der Waals surface area contributed by atoms with Crippen LogP contribution in [-0.4, -0.2) is 95.4 Å². The van der Waals surface area contributed by atoms with Crippen molar-refractivity contribution in [3.63, 3.8) is 0 Å². The number of carboxylic acid groups (broad SMARTS) is 1. The van der Waals surface area contributed by atoms with Gasteiger partial charge in [0.15, 0.2) is 0 Å². The molecule has 0 aromatic heterocycles. The summed E-state index contributed by atoms with van der Waals surface area (Å²) in [7, 11) is 0. The Hall–Kier alpha value is -10.6. The number of ether oxygens (including phenoxy) is 5. The maximum atomic E-state index is 12.7. The van der Waals surface area contributed by atoms with Gasteiger partial charge in [-0.1, -0.05) is 92.4 Å². The Morgan fingerprint density at radius 1 is 0.590 bits per heavy atom. The maximum absolute atomic E-state index is 12.7. The van der Waals surface area contributed by atoms with Crippen LogP contribution in [0.5, 0.6) is 23.0 Å². The summed E-state index contributed by atoms with van der Waals surface area (Å²) in [6, 6.07) is 45.1. The number of hydroxylamine groups is 1. The zero-order chi connectivity index (χ0) is 59.8. The SMILES string of the molecule is C.CCOc1ccccc1N.CCOc1ccccc1N1C(=O)C=CC1=O.CCOc1ccccc1N1C(=O)CC(N(O)c2ccccc2)C1=O.CCOc1ccccc1NC(=O)/C=C\C(=O)O.O=C1C=CC(=O)O1.ONc1ccccc1. The van der Waals surface area contributed by atoms with E-state index < -0.39 is 35.8 Å². The van der Waals surface area contributed by atoms with Crippen LogP contribution in [0.1, 0.15) is 41.5 Å². The van der Waals surface area contributed by atoms with Crippen LogP contribution in [0.2, 0.25) is 0 Å². The fraction of sp³-hybridized carbons (Fsp3) is 0.180. The normalized spacial score (nSPS) is 13.3. The van der Waals surface area contributed by atoms with Gasteiger partial charge in [-0.15, -0.1) is 0 Å². The van der Waals surface area contributed by atoms with Gasteiger partial charge in [0, 0.05) is 36.5 Å². The third-order valence-electron chi connectivity index (χ3n) is 10.6. The number of carbonyl (C=O) groups is 8. The second kappa shape index (κ2) is 35.8. The van der Waals surface area contributed by atoms with E-state index in [-0.39, 0.29) is 31.6 Å². The van der Waals surface area contributed by atoms with Gasteiger partial charge in [0.2, 0.25) is 11.8 Å². The number of nitrogens with one attached hydrogen (secondary N) is 2. The van der Waals surface area contributed by atoms with E-state index in [2.05, 4.69) is 10.1 Å². The Balaban J connectivity index is 0.000000274. The lowest BCUT2D eigenvalue weighted by molar-refractivity contribution is -0.150. The molecule has 3 aliphatic heterocycles. The molecule has 3 aliphatic rings. The summed E-state index contributed by atoms with van der Waals surface area (Å²) in [6.07, 6.45) is 6.31. The van der Waals surface area contributed by atoms with Gasteiger partial charge in [0.05, 0.1) is 67.0 Å². The molecule has 6 aromatic carbocycles. The molecule has 5 amide bonds. The van der Waals surface area contributed by atoms with Gasteiger partial charge in [-0.2, -0.15) is 0 Å². The lowest BCUT2D eigenvalue weighted by atomic mass is 10.2. The van der Waals surface area contributed by atoms with Crippen molar-refractivity contribution >= 4 is 81.6 Å². The average Bonchev–Trinajstić information content (AvgIpc) is 3.43. The van der Waals surface area contributed by atoms with E-state index >= 15 is 0 Å². The predicted molar refractivity (Wildman–Crippen MR) is 312 cm³/mol. The number of esters is 2. The van der Waals surface area contributed by atoms with Gasteiger partial charge in [0.25, 0.3) is 17.7 Å². The van der Waals surface area contributed by atoms with Crippen LogP contribution < -0.4 is 50.3 Å². The van der Waals surface area contributed by atoms with Crippen LogP contribution in [0.25, 0.3) is 0 Å². The van der Waals surface area contributed by atoms with Crippen molar-refractivity contribution in [3.8, 4) is 23.0 Å². The van der Waals surface area contributed by atoms with Crippen molar-refractivity contribution in [2.75, 3.05) is 57.8 Å². The number of aliphatic carboxylic acids is 1. The molecule has 1 atom stereocenters. The fourth-order valence-corrected chi connectivity index (χ4v) is 7.05. The summed E-state index contributed by atoms with van der Waals surface area (Å²) >= 11 is 0. The van der Waals surface area contributed by atoms with Gasteiger partial charge in [-0.25, -0.2) is 29.2 Å². The van der Waals surface area contributed by atoms with Crippen LogP contribution in [0.4, 0.5) is 34.1 Å². The third-order valence-corrected chi connectivity index (χ3v) is 10.6. The summed E-state index contributed by atoms with van der Waals surface area (Å²) < 4.78 is 25.4. The topological polar surface area (TPSA) is 303 Å². The number of nitrogens with two attached hydrogens (primary N) is 1. The van der Waals surface area contributed by atoms with Crippen LogP contribution in [0, 0.1) is 0 Å².